The molecule has 2 aromatic rings. The van der Waals surface area contributed by atoms with Crippen LogP contribution in [0.25, 0.3) is 10.9 Å². The molecule has 4 heteroatoms. The number of nitrogens with one attached hydrogen (secondary N) is 1. The van der Waals surface area contributed by atoms with Gasteiger partial charge in [0, 0.05) is 36.6 Å². The molecular weight excluding hydrogens is 220 g/mol. The highest BCUT2D eigenvalue weighted by Gasteiger charge is 2.09. The van der Waals surface area contributed by atoms with Crippen molar-refractivity contribution < 1.29 is 4.18 Å². The first-order valence-electron chi connectivity index (χ1n) is 5.27. The van der Waals surface area contributed by atoms with Gasteiger partial charge in [0.2, 0.25) is 0 Å². The van der Waals surface area contributed by atoms with Crippen LogP contribution in [0.1, 0.15) is 5.56 Å². The largest absolute Gasteiger partial charge is 0.428 e. The second kappa shape index (κ2) is 4.80. The molecular formula is C12H16N2OS. The first-order chi connectivity index (χ1) is 7.72. The molecule has 0 radical (unpaired) electrons. The van der Waals surface area contributed by atoms with Gasteiger partial charge in [0.1, 0.15) is 5.75 Å². The summed E-state index contributed by atoms with van der Waals surface area (Å²) < 4.78 is 5.09. The minimum absolute atomic E-state index is 0.816. The number of H-pyrrole nitrogens is 1. The summed E-state index contributed by atoms with van der Waals surface area (Å²) in [5.74, 6) is 0.816. The monoisotopic (exact) mass is 236 g/mol. The highest BCUT2D eigenvalue weighted by molar-refractivity contribution is 7.75. The summed E-state index contributed by atoms with van der Waals surface area (Å²) in [4.78, 5) is 5.42. The second-order valence-corrected chi connectivity index (χ2v) is 4.32. The van der Waals surface area contributed by atoms with Gasteiger partial charge in [0.05, 0.1) is 0 Å². The second-order valence-electron chi connectivity index (χ2n) is 4.14. The molecule has 3 nitrogen and oxygen atoms in total. The van der Waals surface area contributed by atoms with Crippen molar-refractivity contribution in [3.8, 4) is 5.75 Å². The molecule has 0 saturated carbocycles. The fraction of sp³-hybridized carbons (Fsp3) is 0.333. The molecule has 16 heavy (non-hydrogen) atoms. The van der Waals surface area contributed by atoms with Crippen LogP contribution in [0.5, 0.6) is 5.75 Å². The van der Waals surface area contributed by atoms with E-state index in [2.05, 4.69) is 36.9 Å². The third-order valence-corrected chi connectivity index (χ3v) is 2.87. The van der Waals surface area contributed by atoms with E-state index in [0.717, 1.165) is 29.6 Å². The van der Waals surface area contributed by atoms with Crippen molar-refractivity contribution in [2.75, 3.05) is 20.6 Å². The van der Waals surface area contributed by atoms with Gasteiger partial charge in [-0.1, -0.05) is 6.07 Å². The number of benzene rings is 1. The molecule has 0 aliphatic heterocycles. The van der Waals surface area contributed by atoms with Crippen molar-refractivity contribution in [3.05, 3.63) is 30.0 Å². The van der Waals surface area contributed by atoms with E-state index in [1.807, 2.05) is 24.4 Å². The van der Waals surface area contributed by atoms with E-state index in [-0.39, 0.29) is 0 Å². The van der Waals surface area contributed by atoms with Gasteiger partial charge in [-0.25, -0.2) is 0 Å². The van der Waals surface area contributed by atoms with Crippen molar-refractivity contribution in [1.82, 2.24) is 9.88 Å². The van der Waals surface area contributed by atoms with Crippen LogP contribution >= 0.6 is 12.9 Å². The number of aromatic nitrogens is 1. The molecule has 0 atom stereocenters. The average Bonchev–Trinajstić information content (AvgIpc) is 2.69. The number of nitrogens with zero attached hydrogens (tertiary/aromatic N) is 1. The molecule has 0 fully saturated rings. The van der Waals surface area contributed by atoms with Crippen molar-refractivity contribution in [3.63, 3.8) is 0 Å². The minimum atomic E-state index is 0.816. The normalized spacial score (nSPS) is 11.2. The maximum Gasteiger partial charge on any atom is 0.146 e. The van der Waals surface area contributed by atoms with Crippen LogP contribution in [0.15, 0.2) is 24.4 Å². The van der Waals surface area contributed by atoms with Crippen molar-refractivity contribution >= 4 is 23.8 Å². The van der Waals surface area contributed by atoms with E-state index in [1.165, 1.54) is 5.56 Å². The number of hydrogen-bond acceptors (Lipinski definition) is 3. The van der Waals surface area contributed by atoms with Gasteiger partial charge in [-0.15, -0.1) is 0 Å². The van der Waals surface area contributed by atoms with Crippen LogP contribution in [-0.2, 0) is 6.42 Å². The zero-order chi connectivity index (χ0) is 11.5. The summed E-state index contributed by atoms with van der Waals surface area (Å²) in [6.07, 6.45) is 3.05. The van der Waals surface area contributed by atoms with Crippen molar-refractivity contribution in [1.29, 1.82) is 0 Å². The lowest BCUT2D eigenvalue weighted by molar-refractivity contribution is 0.414. The Labute approximate surface area is 101 Å². The zero-order valence-electron chi connectivity index (χ0n) is 9.53. The molecule has 1 aromatic carbocycles. The van der Waals surface area contributed by atoms with Crippen LogP contribution in [0.2, 0.25) is 0 Å². The first-order valence-corrected chi connectivity index (χ1v) is 5.64. The highest BCUT2D eigenvalue weighted by Crippen LogP contribution is 2.29. The molecule has 0 amide bonds. The van der Waals surface area contributed by atoms with Crippen LogP contribution in [0.4, 0.5) is 0 Å². The van der Waals surface area contributed by atoms with Crippen LogP contribution in [0, 0.1) is 0 Å². The lowest BCUT2D eigenvalue weighted by Crippen LogP contribution is -2.14. The SMILES string of the molecule is CN(C)CCc1c[nH]c2cccc(OS)c12. The Morgan fingerprint density at radius 2 is 2.19 bits per heavy atom. The Morgan fingerprint density at radius 3 is 2.88 bits per heavy atom. The molecule has 1 heterocycles. The van der Waals surface area contributed by atoms with E-state index in [4.69, 9.17) is 4.18 Å². The molecule has 0 spiro atoms. The number of aromatic amines is 1. The fourth-order valence-corrected chi connectivity index (χ4v) is 1.99. The standard InChI is InChI=1S/C12H16N2OS/c1-14(2)7-6-9-8-13-10-4-3-5-11(15-16)12(9)10/h3-5,8,13,16H,6-7H2,1-2H3. The Hall–Kier alpha value is -1.13. The molecule has 0 saturated heterocycles. The summed E-state index contributed by atoms with van der Waals surface area (Å²) >= 11 is 3.89. The molecule has 1 aromatic heterocycles. The zero-order valence-corrected chi connectivity index (χ0v) is 10.4. The van der Waals surface area contributed by atoms with Gasteiger partial charge in [0.15, 0.2) is 0 Å². The Balaban J connectivity index is 2.38. The van der Waals surface area contributed by atoms with E-state index < -0.39 is 0 Å². The average molecular weight is 236 g/mol. The number of likely N-dealkylation sites (N-methyl/N-ethyl adjacent to an activating group) is 1. The highest BCUT2D eigenvalue weighted by atomic mass is 32.1. The predicted octanol–water partition coefficient (Wildman–Crippen LogP) is 2.50. The molecule has 2 rings (SSSR count). The number of hydrogen-bond donors (Lipinski definition) is 2. The van der Waals surface area contributed by atoms with Crippen molar-refractivity contribution in [2.24, 2.45) is 0 Å². The van der Waals surface area contributed by atoms with Crippen LogP contribution in [-0.4, -0.2) is 30.5 Å². The Kier molecular flexibility index (Phi) is 3.41. The third kappa shape index (κ3) is 2.18. The number of thiol groups is 1. The lowest BCUT2D eigenvalue weighted by atomic mass is 10.1. The van der Waals surface area contributed by atoms with E-state index in [0.29, 0.717) is 0 Å². The van der Waals surface area contributed by atoms with E-state index in [1.54, 1.807) is 0 Å². The van der Waals surface area contributed by atoms with Gasteiger partial charge in [-0.05, 0) is 38.2 Å². The quantitative estimate of drug-likeness (QED) is 0.630. The molecule has 1 N–H and O–H groups in total. The van der Waals surface area contributed by atoms with Crippen molar-refractivity contribution in [2.45, 2.75) is 6.42 Å². The van der Waals surface area contributed by atoms with Gasteiger partial charge in [-0.2, -0.15) is 0 Å². The molecule has 0 aliphatic rings. The minimum Gasteiger partial charge on any atom is -0.428 e. The summed E-state index contributed by atoms with van der Waals surface area (Å²) in [5.41, 5.74) is 2.37. The molecule has 86 valence electrons. The summed E-state index contributed by atoms with van der Waals surface area (Å²) in [6, 6.07) is 5.94. The molecule has 0 bridgehead atoms. The van der Waals surface area contributed by atoms with Gasteiger partial charge in [-0.3, -0.25) is 0 Å². The lowest BCUT2D eigenvalue weighted by Gasteiger charge is -2.09. The topological polar surface area (TPSA) is 28.3 Å². The predicted molar refractivity (Wildman–Crippen MR) is 70.2 cm³/mol. The van der Waals surface area contributed by atoms with Crippen LogP contribution < -0.4 is 4.18 Å². The van der Waals surface area contributed by atoms with Gasteiger partial charge >= 0.3 is 0 Å². The first kappa shape index (κ1) is 11.4. The summed E-state index contributed by atoms with van der Waals surface area (Å²) in [5, 5.41) is 1.14. The van der Waals surface area contributed by atoms with Gasteiger partial charge in [0.25, 0.3) is 0 Å². The molecule has 0 aliphatic carbocycles. The van der Waals surface area contributed by atoms with Crippen LogP contribution in [0.3, 0.4) is 0 Å². The summed E-state index contributed by atoms with van der Waals surface area (Å²) in [7, 11) is 4.15. The molecule has 0 unspecified atom stereocenters. The Bertz CT molecular complexity index is 479. The Morgan fingerprint density at radius 1 is 1.38 bits per heavy atom. The fourth-order valence-electron chi connectivity index (χ4n) is 1.84. The van der Waals surface area contributed by atoms with E-state index in [9.17, 15) is 0 Å². The number of fused-ring (bicyclic) bond motifs is 1. The smallest absolute Gasteiger partial charge is 0.146 e. The maximum atomic E-state index is 5.09. The van der Waals surface area contributed by atoms with Gasteiger partial charge < -0.3 is 14.1 Å². The number of rotatable bonds is 4. The maximum absolute atomic E-state index is 5.09. The summed E-state index contributed by atoms with van der Waals surface area (Å²) in [6.45, 7) is 1.02. The third-order valence-electron chi connectivity index (χ3n) is 2.68. The van der Waals surface area contributed by atoms with E-state index >= 15 is 0 Å².